The zero-order chi connectivity index (χ0) is 16.1. The molecule has 1 atom stereocenters. The highest BCUT2D eigenvalue weighted by Crippen LogP contribution is 2.21. The van der Waals surface area contributed by atoms with Crippen molar-refractivity contribution >= 4 is 5.78 Å². The van der Waals surface area contributed by atoms with E-state index in [9.17, 15) is 4.79 Å². The molecule has 120 valence electrons. The van der Waals surface area contributed by atoms with Crippen LogP contribution < -0.4 is 0 Å². The Morgan fingerprint density at radius 1 is 1.26 bits per heavy atom. The van der Waals surface area contributed by atoms with Crippen molar-refractivity contribution in [2.24, 2.45) is 5.92 Å². The number of likely N-dealkylation sites (tertiary alicyclic amines) is 1. The van der Waals surface area contributed by atoms with Gasteiger partial charge in [-0.3, -0.25) is 14.7 Å². The molecule has 0 N–H and O–H groups in total. The number of piperidine rings is 1. The predicted octanol–water partition coefficient (Wildman–Crippen LogP) is 2.53. The first kappa shape index (κ1) is 15.7. The summed E-state index contributed by atoms with van der Waals surface area (Å²) in [4.78, 5) is 27.9. The fraction of sp³-hybridized carbons (Fsp3) is 0.444. The van der Waals surface area contributed by atoms with Crippen LogP contribution in [0.25, 0.3) is 0 Å². The molecular formula is C18H22N4O. The van der Waals surface area contributed by atoms with Crippen LogP contribution in [0.3, 0.4) is 0 Å². The highest BCUT2D eigenvalue weighted by molar-refractivity contribution is 5.96. The molecule has 23 heavy (non-hydrogen) atoms. The molecule has 1 saturated heterocycles. The van der Waals surface area contributed by atoms with Gasteiger partial charge in [-0.25, -0.2) is 9.97 Å². The summed E-state index contributed by atoms with van der Waals surface area (Å²) in [5, 5.41) is 0. The van der Waals surface area contributed by atoms with Gasteiger partial charge in [-0.1, -0.05) is 13.0 Å². The third kappa shape index (κ3) is 3.99. The lowest BCUT2D eigenvalue weighted by atomic mass is 9.92. The van der Waals surface area contributed by atoms with Gasteiger partial charge in [0.25, 0.3) is 0 Å². The zero-order valence-corrected chi connectivity index (χ0v) is 13.5. The number of carbonyl (C=O) groups excluding carboxylic acids is 1. The molecule has 0 saturated carbocycles. The molecule has 2 aromatic heterocycles. The third-order valence-electron chi connectivity index (χ3n) is 4.26. The van der Waals surface area contributed by atoms with E-state index < -0.39 is 0 Å². The average molecular weight is 310 g/mol. The second-order valence-electron chi connectivity index (χ2n) is 5.97. The van der Waals surface area contributed by atoms with E-state index in [1.807, 2.05) is 24.4 Å². The Hall–Kier alpha value is -2.14. The molecule has 0 amide bonds. The molecule has 0 radical (unpaired) electrons. The number of hydrogen-bond acceptors (Lipinski definition) is 5. The monoisotopic (exact) mass is 310 g/mol. The molecule has 1 aliphatic rings. The van der Waals surface area contributed by atoms with E-state index >= 15 is 0 Å². The van der Waals surface area contributed by atoms with Gasteiger partial charge in [0.1, 0.15) is 11.5 Å². The van der Waals surface area contributed by atoms with Gasteiger partial charge in [-0.05, 0) is 37.6 Å². The van der Waals surface area contributed by atoms with E-state index in [1.165, 1.54) is 0 Å². The molecule has 0 unspecified atom stereocenters. The van der Waals surface area contributed by atoms with Gasteiger partial charge < -0.3 is 0 Å². The van der Waals surface area contributed by atoms with Crippen LogP contribution in [0.4, 0.5) is 0 Å². The number of carbonyl (C=O) groups is 1. The van der Waals surface area contributed by atoms with Crippen molar-refractivity contribution in [1.29, 1.82) is 0 Å². The van der Waals surface area contributed by atoms with Crippen LogP contribution in [0.15, 0.2) is 36.7 Å². The second kappa shape index (κ2) is 7.42. The first-order chi connectivity index (χ1) is 11.3. The van der Waals surface area contributed by atoms with Crippen molar-refractivity contribution in [2.75, 3.05) is 13.1 Å². The molecule has 1 aliphatic heterocycles. The SMILES string of the molecule is CCc1nccc(CN2CCC[C@@H](C(=O)c3ccccn3)C2)n1. The van der Waals surface area contributed by atoms with Gasteiger partial charge in [-0.2, -0.15) is 0 Å². The Morgan fingerprint density at radius 3 is 2.96 bits per heavy atom. The maximum absolute atomic E-state index is 12.6. The average Bonchev–Trinajstić information content (AvgIpc) is 2.62. The van der Waals surface area contributed by atoms with Crippen molar-refractivity contribution in [3.05, 3.63) is 53.9 Å². The Balaban J connectivity index is 1.65. The number of nitrogens with zero attached hydrogens (tertiary/aromatic N) is 4. The molecule has 2 aromatic rings. The van der Waals surface area contributed by atoms with E-state index in [1.54, 1.807) is 12.3 Å². The molecule has 0 aromatic carbocycles. The van der Waals surface area contributed by atoms with Crippen molar-refractivity contribution in [2.45, 2.75) is 32.7 Å². The van der Waals surface area contributed by atoms with Crippen molar-refractivity contribution in [1.82, 2.24) is 19.9 Å². The smallest absolute Gasteiger partial charge is 0.185 e. The summed E-state index contributed by atoms with van der Waals surface area (Å²) in [6.45, 7) is 4.63. The summed E-state index contributed by atoms with van der Waals surface area (Å²) in [6.07, 6.45) is 6.32. The van der Waals surface area contributed by atoms with Gasteiger partial charge in [0.2, 0.25) is 0 Å². The van der Waals surface area contributed by atoms with E-state index in [4.69, 9.17) is 0 Å². The Labute approximate surface area is 136 Å². The molecule has 5 nitrogen and oxygen atoms in total. The second-order valence-corrected chi connectivity index (χ2v) is 5.97. The quantitative estimate of drug-likeness (QED) is 0.794. The molecule has 0 bridgehead atoms. The minimum atomic E-state index is 0.0335. The fourth-order valence-electron chi connectivity index (χ4n) is 3.06. The molecule has 3 heterocycles. The Bertz CT molecular complexity index is 659. The van der Waals surface area contributed by atoms with Gasteiger partial charge in [0, 0.05) is 37.8 Å². The van der Waals surface area contributed by atoms with Crippen LogP contribution in [0, 0.1) is 5.92 Å². The van der Waals surface area contributed by atoms with Gasteiger partial charge >= 0.3 is 0 Å². The minimum absolute atomic E-state index is 0.0335. The first-order valence-corrected chi connectivity index (χ1v) is 8.24. The highest BCUT2D eigenvalue weighted by atomic mass is 16.1. The van der Waals surface area contributed by atoms with E-state index in [0.29, 0.717) is 5.69 Å². The van der Waals surface area contributed by atoms with E-state index in [2.05, 4.69) is 26.8 Å². The van der Waals surface area contributed by atoms with E-state index in [-0.39, 0.29) is 11.7 Å². The van der Waals surface area contributed by atoms with Crippen molar-refractivity contribution in [3.8, 4) is 0 Å². The predicted molar refractivity (Wildman–Crippen MR) is 88.0 cm³/mol. The lowest BCUT2D eigenvalue weighted by molar-refractivity contribution is 0.0805. The standard InChI is InChI=1S/C18H22N4O/c1-2-17-20-10-8-15(21-17)13-22-11-5-6-14(12-22)18(23)16-7-3-4-9-19-16/h3-4,7-10,14H,2,5-6,11-13H2,1H3/t14-/m1/s1. The lowest BCUT2D eigenvalue weighted by Crippen LogP contribution is -2.38. The number of ketones is 1. The van der Waals surface area contributed by atoms with Crippen LogP contribution >= 0.6 is 0 Å². The normalized spacial score (nSPS) is 18.7. The molecule has 0 aliphatic carbocycles. The summed E-state index contributed by atoms with van der Waals surface area (Å²) in [5.74, 6) is 1.07. The maximum atomic E-state index is 12.6. The Kier molecular flexibility index (Phi) is 5.08. The number of rotatable bonds is 5. The lowest BCUT2D eigenvalue weighted by Gasteiger charge is -2.31. The molecule has 3 rings (SSSR count). The summed E-state index contributed by atoms with van der Waals surface area (Å²) in [6, 6.07) is 7.47. The number of Topliss-reactive ketones (excluding diaryl/α,β-unsaturated/α-hetero) is 1. The molecule has 0 spiro atoms. The van der Waals surface area contributed by atoms with Crippen LogP contribution in [0.2, 0.25) is 0 Å². The van der Waals surface area contributed by atoms with Crippen LogP contribution in [-0.2, 0) is 13.0 Å². The number of aryl methyl sites for hydroxylation is 1. The zero-order valence-electron chi connectivity index (χ0n) is 13.5. The summed E-state index contributed by atoms with van der Waals surface area (Å²) in [7, 11) is 0. The van der Waals surface area contributed by atoms with Gasteiger partial charge in [0.05, 0.1) is 5.69 Å². The van der Waals surface area contributed by atoms with Crippen molar-refractivity contribution < 1.29 is 4.79 Å². The Morgan fingerprint density at radius 2 is 2.17 bits per heavy atom. The highest BCUT2D eigenvalue weighted by Gasteiger charge is 2.27. The third-order valence-corrected chi connectivity index (χ3v) is 4.26. The number of aromatic nitrogens is 3. The summed E-state index contributed by atoms with van der Waals surface area (Å²) in [5.41, 5.74) is 1.61. The summed E-state index contributed by atoms with van der Waals surface area (Å²) < 4.78 is 0. The van der Waals surface area contributed by atoms with Gasteiger partial charge in [-0.15, -0.1) is 0 Å². The number of hydrogen-bond donors (Lipinski definition) is 0. The van der Waals surface area contributed by atoms with Crippen LogP contribution in [-0.4, -0.2) is 38.7 Å². The largest absolute Gasteiger partial charge is 0.297 e. The maximum Gasteiger partial charge on any atom is 0.185 e. The van der Waals surface area contributed by atoms with Crippen LogP contribution in [0.5, 0.6) is 0 Å². The molecule has 5 heteroatoms. The fourth-order valence-corrected chi connectivity index (χ4v) is 3.06. The van der Waals surface area contributed by atoms with E-state index in [0.717, 1.165) is 50.4 Å². The first-order valence-electron chi connectivity index (χ1n) is 8.24. The molecular weight excluding hydrogens is 288 g/mol. The van der Waals surface area contributed by atoms with Gasteiger partial charge in [0.15, 0.2) is 5.78 Å². The topological polar surface area (TPSA) is 59.0 Å². The summed E-state index contributed by atoms with van der Waals surface area (Å²) >= 11 is 0. The number of pyridine rings is 1. The minimum Gasteiger partial charge on any atom is -0.297 e. The van der Waals surface area contributed by atoms with Crippen LogP contribution in [0.1, 0.15) is 41.8 Å². The van der Waals surface area contributed by atoms with Crippen molar-refractivity contribution in [3.63, 3.8) is 0 Å². The molecule has 1 fully saturated rings.